The van der Waals surface area contributed by atoms with Crippen LogP contribution in [0.15, 0.2) is 71.8 Å². The normalized spacial score (nSPS) is 23.3. The number of piperazine rings is 1. The Morgan fingerprint density at radius 3 is 2.47 bits per heavy atom. The van der Waals surface area contributed by atoms with Crippen LogP contribution in [-0.2, 0) is 33.8 Å². The summed E-state index contributed by atoms with van der Waals surface area (Å²) in [5.74, 6) is -1.49. The molecule has 5 aliphatic rings. The Kier molecular flexibility index (Phi) is 13.5. The van der Waals surface area contributed by atoms with E-state index in [4.69, 9.17) is 21.3 Å². The lowest BCUT2D eigenvalue weighted by Crippen LogP contribution is -2.52. The van der Waals surface area contributed by atoms with Crippen molar-refractivity contribution in [3.8, 4) is 11.1 Å². The van der Waals surface area contributed by atoms with Crippen molar-refractivity contribution >= 4 is 46.3 Å². The zero-order valence-corrected chi connectivity index (χ0v) is 36.7. The van der Waals surface area contributed by atoms with E-state index in [0.29, 0.717) is 48.2 Å². The number of fused-ring (bicyclic) bond motifs is 2. The minimum absolute atomic E-state index is 0.176. The number of ether oxygens (including phenoxy) is 1. The number of allylic oxidation sites excluding steroid dienone is 2. The Morgan fingerprint density at radius 1 is 0.938 bits per heavy atom. The van der Waals surface area contributed by atoms with Gasteiger partial charge < -0.3 is 29.5 Å². The van der Waals surface area contributed by atoms with E-state index in [9.17, 15) is 23.9 Å². The molecule has 0 radical (unpaired) electrons. The van der Waals surface area contributed by atoms with Crippen LogP contribution in [0, 0.1) is 5.82 Å². The van der Waals surface area contributed by atoms with E-state index in [2.05, 4.69) is 60.4 Å². The molecule has 2 saturated heterocycles. The minimum atomic E-state index is -0.723. The largest absolute Gasteiger partial charge is 0.393 e. The first-order valence-electron chi connectivity index (χ1n) is 22.7. The molecule has 0 spiro atoms. The Labute approximate surface area is 376 Å². The van der Waals surface area contributed by atoms with E-state index in [0.717, 1.165) is 93.5 Å². The number of nitrogens with zero attached hydrogens (tertiary/aromatic N) is 6. The molecule has 64 heavy (non-hydrogen) atoms. The van der Waals surface area contributed by atoms with Gasteiger partial charge in [-0.1, -0.05) is 41.9 Å². The molecule has 3 aliphatic heterocycles. The highest BCUT2D eigenvalue weighted by Crippen LogP contribution is 2.37. The Balaban J connectivity index is 0.716. The van der Waals surface area contributed by atoms with Crippen molar-refractivity contribution in [3.05, 3.63) is 99.9 Å². The van der Waals surface area contributed by atoms with E-state index in [1.54, 1.807) is 12.1 Å². The van der Waals surface area contributed by atoms with E-state index in [1.165, 1.54) is 22.6 Å². The monoisotopic (exact) mass is 896 g/mol. The molecule has 3 N–H and O–H groups in total. The van der Waals surface area contributed by atoms with Gasteiger partial charge in [0.2, 0.25) is 17.8 Å². The number of anilines is 1. The third kappa shape index (κ3) is 10.1. The van der Waals surface area contributed by atoms with Gasteiger partial charge >= 0.3 is 0 Å². The van der Waals surface area contributed by atoms with Gasteiger partial charge in [-0.05, 0) is 91.8 Å². The summed E-state index contributed by atoms with van der Waals surface area (Å²) in [6, 6.07) is 10.9. The molecule has 4 aromatic rings. The molecule has 2 atom stereocenters. The van der Waals surface area contributed by atoms with Crippen molar-refractivity contribution in [2.75, 3.05) is 51.3 Å². The molecule has 2 aromatic heterocycles. The number of carbonyl (C=O) groups is 3. The molecule has 3 fully saturated rings. The molecule has 9 rings (SSSR count). The first-order chi connectivity index (χ1) is 31.0. The molecule has 13 nitrogen and oxygen atoms in total. The van der Waals surface area contributed by atoms with Crippen molar-refractivity contribution in [2.24, 2.45) is 0 Å². The van der Waals surface area contributed by atoms with Gasteiger partial charge in [-0.2, -0.15) is 4.98 Å². The predicted octanol–water partition coefficient (Wildman–Crippen LogP) is 6.79. The molecule has 16 heteroatoms. The number of hydrogen-bond acceptors (Lipinski definition) is 10. The fourth-order valence-corrected chi connectivity index (χ4v) is 10.1. The lowest BCUT2D eigenvalue weighted by atomic mass is 9.93. The standard InChI is InChI=1S/C48H55ClF2N8O5/c49-34-22-35(50)24-36(23-34)53-48-52-26-40-41(29-58(45(40)55-48)37-8-10-38(60)11-9-37)31-6-4-30(5-7-31)27-57-17-15-56(16-18-57)14-2-20-64-19-1-3-32-21-33-28-59(47(63)39(33)25-42(32)51)43-12-13-44(61)54-46(43)62/h4-7,21-23,25-26,29,36-38,43,60H,1-3,8-20,24,27-28H2,(H,52,53,55)(H,54,61,62). The minimum Gasteiger partial charge on any atom is -0.393 e. The number of aryl methyl sites for hydroxylation is 1. The van der Waals surface area contributed by atoms with Crippen LogP contribution in [0.2, 0.25) is 0 Å². The summed E-state index contributed by atoms with van der Waals surface area (Å²) in [4.78, 5) is 52.9. The zero-order valence-electron chi connectivity index (χ0n) is 35.9. The van der Waals surface area contributed by atoms with Crippen LogP contribution in [0.4, 0.5) is 14.7 Å². The van der Waals surface area contributed by atoms with Crippen LogP contribution in [-0.4, -0.2) is 116 Å². The van der Waals surface area contributed by atoms with Gasteiger partial charge in [-0.25, -0.2) is 13.8 Å². The van der Waals surface area contributed by atoms with Gasteiger partial charge in [0.15, 0.2) is 0 Å². The van der Waals surface area contributed by atoms with Crippen molar-refractivity contribution in [2.45, 2.75) is 102 Å². The number of aromatic nitrogens is 3. The first-order valence-corrected chi connectivity index (χ1v) is 23.1. The summed E-state index contributed by atoms with van der Waals surface area (Å²) in [7, 11) is 0. The van der Waals surface area contributed by atoms with Crippen LogP contribution in [0.5, 0.6) is 0 Å². The topological polar surface area (TPSA) is 145 Å². The fourth-order valence-electron chi connectivity index (χ4n) is 9.83. The Bertz CT molecular complexity index is 2440. The number of aliphatic hydroxyl groups is 1. The number of halogens is 3. The van der Waals surface area contributed by atoms with Crippen LogP contribution in [0.25, 0.3) is 22.2 Å². The maximum Gasteiger partial charge on any atom is 0.255 e. The van der Waals surface area contributed by atoms with Crippen LogP contribution < -0.4 is 10.6 Å². The zero-order chi connectivity index (χ0) is 44.3. The number of piperidine rings is 1. The first kappa shape index (κ1) is 44.2. The number of rotatable bonds is 15. The average molecular weight is 897 g/mol. The van der Waals surface area contributed by atoms with Gasteiger partial charge in [0, 0.05) is 112 Å². The van der Waals surface area contributed by atoms with Crippen LogP contribution in [0.3, 0.4) is 0 Å². The second-order valence-electron chi connectivity index (χ2n) is 17.8. The number of aliphatic hydroxyl groups excluding tert-OH is 1. The lowest BCUT2D eigenvalue weighted by Gasteiger charge is -2.34. The highest BCUT2D eigenvalue weighted by atomic mass is 35.5. The summed E-state index contributed by atoms with van der Waals surface area (Å²) in [5, 5.41) is 17.1. The van der Waals surface area contributed by atoms with Gasteiger partial charge in [-0.3, -0.25) is 24.6 Å². The predicted molar refractivity (Wildman–Crippen MR) is 240 cm³/mol. The molecule has 2 aliphatic carbocycles. The SMILES string of the molecule is O=C1CCC(N2Cc3cc(CCCOCCCN4CCN(Cc5ccc(-c6cn(C7CCC(O)CC7)c7nc(NC8C=C(Cl)C=C(F)C8)ncc67)cc5)CC4)c(F)cc3C2=O)C(=O)N1. The lowest BCUT2D eigenvalue weighted by molar-refractivity contribution is -0.136. The van der Waals surface area contributed by atoms with Gasteiger partial charge in [-0.15, -0.1) is 0 Å². The second-order valence-corrected chi connectivity index (χ2v) is 18.3. The molecule has 5 heterocycles. The van der Waals surface area contributed by atoms with Crippen molar-refractivity contribution < 1.29 is 33.0 Å². The molecule has 1 saturated carbocycles. The van der Waals surface area contributed by atoms with Gasteiger partial charge in [0.05, 0.1) is 12.1 Å². The number of nitrogens with one attached hydrogen (secondary N) is 2. The maximum absolute atomic E-state index is 15.0. The molecule has 0 bridgehead atoms. The molecule has 3 amide bonds. The quantitative estimate of drug-likeness (QED) is 0.0862. The maximum atomic E-state index is 15.0. The summed E-state index contributed by atoms with van der Waals surface area (Å²) < 4.78 is 37.3. The molecule has 2 unspecified atom stereocenters. The highest BCUT2D eigenvalue weighted by Gasteiger charge is 2.39. The van der Waals surface area contributed by atoms with Crippen LogP contribution >= 0.6 is 11.6 Å². The third-order valence-corrected chi connectivity index (χ3v) is 13.6. The van der Waals surface area contributed by atoms with Crippen molar-refractivity contribution in [1.29, 1.82) is 0 Å². The molecular formula is C48H55ClF2N8O5. The van der Waals surface area contributed by atoms with E-state index >= 15 is 4.39 Å². The van der Waals surface area contributed by atoms with E-state index in [-0.39, 0.29) is 67.2 Å². The highest BCUT2D eigenvalue weighted by molar-refractivity contribution is 6.31. The van der Waals surface area contributed by atoms with Gasteiger partial charge in [0.25, 0.3) is 5.91 Å². The third-order valence-electron chi connectivity index (χ3n) is 13.3. The summed E-state index contributed by atoms with van der Waals surface area (Å²) >= 11 is 6.14. The van der Waals surface area contributed by atoms with Gasteiger partial charge in [0.1, 0.15) is 23.3 Å². The number of amides is 3. The van der Waals surface area contributed by atoms with Crippen molar-refractivity contribution in [3.63, 3.8) is 0 Å². The van der Waals surface area contributed by atoms with Crippen LogP contribution in [0.1, 0.15) is 90.9 Å². The number of benzene rings is 2. The number of imide groups is 1. The average Bonchev–Trinajstić information content (AvgIpc) is 3.80. The smallest absolute Gasteiger partial charge is 0.255 e. The number of hydrogen-bond donors (Lipinski definition) is 3. The van der Waals surface area contributed by atoms with E-state index in [1.807, 2.05) is 6.20 Å². The molecular weight excluding hydrogens is 842 g/mol. The second kappa shape index (κ2) is 19.6. The fraction of sp³-hybridized carbons (Fsp3) is 0.479. The van der Waals surface area contributed by atoms with Crippen molar-refractivity contribution in [1.82, 2.24) is 34.6 Å². The van der Waals surface area contributed by atoms with E-state index < -0.39 is 17.8 Å². The number of carbonyl (C=O) groups excluding carboxylic acids is 3. The Morgan fingerprint density at radius 2 is 1.70 bits per heavy atom. The molecule has 338 valence electrons. The summed E-state index contributed by atoms with van der Waals surface area (Å²) in [6.45, 7) is 7.14. The molecule has 2 aromatic carbocycles. The Hall–Kier alpha value is -5.06. The summed E-state index contributed by atoms with van der Waals surface area (Å²) in [5.41, 5.74) is 5.73. The summed E-state index contributed by atoms with van der Waals surface area (Å²) in [6.07, 6.45) is 12.8.